The van der Waals surface area contributed by atoms with Gasteiger partial charge in [0.1, 0.15) is 16.5 Å². The molecule has 4 rings (SSSR count). The van der Waals surface area contributed by atoms with Crippen molar-refractivity contribution in [3.63, 3.8) is 0 Å². The van der Waals surface area contributed by atoms with Gasteiger partial charge in [0.25, 0.3) is 5.91 Å². The van der Waals surface area contributed by atoms with E-state index in [9.17, 15) is 9.59 Å². The number of carbonyl (C=O) groups is 2. The lowest BCUT2D eigenvalue weighted by Crippen LogP contribution is -2.14. The molecule has 0 unspecified atom stereocenters. The number of thiazole rings is 1. The van der Waals surface area contributed by atoms with E-state index in [0.29, 0.717) is 22.8 Å². The molecule has 0 saturated heterocycles. The molecule has 0 fully saturated rings. The number of nitrogens with one attached hydrogen (secondary N) is 2. The highest BCUT2D eigenvalue weighted by molar-refractivity contribution is 7.13. The summed E-state index contributed by atoms with van der Waals surface area (Å²) < 4.78 is 7.38. The summed E-state index contributed by atoms with van der Waals surface area (Å²) in [5.74, 6) is -0.0623. The minimum atomic E-state index is -0.352. The van der Waals surface area contributed by atoms with Crippen molar-refractivity contribution in [2.45, 2.75) is 6.92 Å². The molecule has 8 heteroatoms. The lowest BCUT2D eigenvalue weighted by atomic mass is 10.2. The number of aryl methyl sites for hydroxylation is 1. The molecule has 152 valence electrons. The largest absolute Gasteiger partial charge is 0.495 e. The third-order valence-corrected chi connectivity index (χ3v) is 5.54. The van der Waals surface area contributed by atoms with Gasteiger partial charge in [-0.25, -0.2) is 4.98 Å². The van der Waals surface area contributed by atoms with Crippen LogP contribution in [0.5, 0.6) is 5.75 Å². The zero-order valence-corrected chi connectivity index (χ0v) is 17.5. The van der Waals surface area contributed by atoms with Gasteiger partial charge in [-0.05, 0) is 30.3 Å². The molecule has 2 amide bonds. The third kappa shape index (κ3) is 3.77. The fraction of sp³-hybridized carbons (Fsp3) is 0.136. The van der Waals surface area contributed by atoms with Crippen molar-refractivity contribution in [2.24, 2.45) is 7.05 Å². The maximum Gasteiger partial charge on any atom is 0.275 e. The van der Waals surface area contributed by atoms with Crippen molar-refractivity contribution < 1.29 is 14.3 Å². The molecule has 7 nitrogen and oxygen atoms in total. The molecule has 2 N–H and O–H groups in total. The Morgan fingerprint density at radius 1 is 1.10 bits per heavy atom. The second-order valence-corrected chi connectivity index (χ2v) is 7.59. The van der Waals surface area contributed by atoms with Crippen LogP contribution in [0.25, 0.3) is 21.6 Å². The average Bonchev–Trinajstić information content (AvgIpc) is 3.33. The number of hydrogen-bond acceptors (Lipinski definition) is 5. The van der Waals surface area contributed by atoms with Gasteiger partial charge in [0.05, 0.1) is 18.5 Å². The van der Waals surface area contributed by atoms with Gasteiger partial charge in [-0.3, -0.25) is 9.59 Å². The van der Waals surface area contributed by atoms with Crippen LogP contribution in [0.4, 0.5) is 11.4 Å². The lowest BCUT2D eigenvalue weighted by Gasteiger charge is -2.11. The summed E-state index contributed by atoms with van der Waals surface area (Å²) in [6, 6.07) is 15.2. The number of hydrogen-bond donors (Lipinski definition) is 2. The highest BCUT2D eigenvalue weighted by Crippen LogP contribution is 2.31. The van der Waals surface area contributed by atoms with Gasteiger partial charge < -0.3 is 19.9 Å². The number of amides is 2. The Bertz CT molecular complexity index is 1260. The van der Waals surface area contributed by atoms with Crippen molar-refractivity contribution in [3.8, 4) is 16.5 Å². The highest BCUT2D eigenvalue weighted by atomic mass is 32.1. The first-order valence-electron chi connectivity index (χ1n) is 9.23. The number of rotatable bonds is 5. The van der Waals surface area contributed by atoms with Gasteiger partial charge in [0.2, 0.25) is 5.91 Å². The molecule has 0 saturated carbocycles. The van der Waals surface area contributed by atoms with Gasteiger partial charge in [0, 0.05) is 35.9 Å². The number of methoxy groups -OCH3 is 1. The van der Waals surface area contributed by atoms with Crippen molar-refractivity contribution in [1.29, 1.82) is 0 Å². The van der Waals surface area contributed by atoms with E-state index < -0.39 is 0 Å². The highest BCUT2D eigenvalue weighted by Gasteiger charge is 2.17. The number of carbonyl (C=O) groups excluding carboxylic acids is 2. The molecule has 30 heavy (non-hydrogen) atoms. The monoisotopic (exact) mass is 420 g/mol. The Morgan fingerprint density at radius 2 is 1.90 bits per heavy atom. The Morgan fingerprint density at radius 3 is 2.63 bits per heavy atom. The number of fused-ring (bicyclic) bond motifs is 1. The Hall–Kier alpha value is -3.65. The first kappa shape index (κ1) is 19.7. The summed E-state index contributed by atoms with van der Waals surface area (Å²) in [6.45, 7) is 1.42. The number of para-hydroxylation sites is 1. The van der Waals surface area contributed by atoms with Crippen molar-refractivity contribution in [2.75, 3.05) is 17.7 Å². The predicted octanol–water partition coefficient (Wildman–Crippen LogP) is 4.52. The Labute approximate surface area is 177 Å². The molecule has 0 radical (unpaired) electrons. The average molecular weight is 420 g/mol. The maximum absolute atomic E-state index is 12.8. The topological polar surface area (TPSA) is 85.3 Å². The van der Waals surface area contributed by atoms with E-state index in [1.54, 1.807) is 23.6 Å². The van der Waals surface area contributed by atoms with Gasteiger partial charge in [0.15, 0.2) is 0 Å². The van der Waals surface area contributed by atoms with Crippen molar-refractivity contribution in [1.82, 2.24) is 9.55 Å². The van der Waals surface area contributed by atoms with Gasteiger partial charge in [-0.15, -0.1) is 11.3 Å². The molecule has 0 aliphatic heterocycles. The normalized spacial score (nSPS) is 10.8. The molecule has 2 heterocycles. The van der Waals surface area contributed by atoms with Crippen LogP contribution < -0.4 is 15.4 Å². The van der Waals surface area contributed by atoms with E-state index in [1.165, 1.54) is 25.4 Å². The molecular weight excluding hydrogens is 400 g/mol. The van der Waals surface area contributed by atoms with Crippen molar-refractivity contribution >= 4 is 45.4 Å². The lowest BCUT2D eigenvalue weighted by molar-refractivity contribution is -0.114. The predicted molar refractivity (Wildman–Crippen MR) is 119 cm³/mol. The molecule has 2 aromatic carbocycles. The summed E-state index contributed by atoms with van der Waals surface area (Å²) in [7, 11) is 3.50. The number of ether oxygens (including phenoxy) is 1. The summed E-state index contributed by atoms with van der Waals surface area (Å²) in [6.07, 6.45) is 0. The first-order chi connectivity index (χ1) is 14.5. The number of anilines is 2. The maximum atomic E-state index is 12.8. The van der Waals surface area contributed by atoms with Crippen LogP contribution in [0.1, 0.15) is 17.4 Å². The van der Waals surface area contributed by atoms with Crippen LogP contribution in [0, 0.1) is 0 Å². The van der Waals surface area contributed by atoms with E-state index in [0.717, 1.165) is 21.6 Å². The number of nitrogens with zero attached hydrogens (tertiary/aromatic N) is 2. The van der Waals surface area contributed by atoms with Crippen LogP contribution in [0.15, 0.2) is 53.9 Å². The first-order valence-corrected chi connectivity index (χ1v) is 10.1. The molecule has 2 aromatic heterocycles. The van der Waals surface area contributed by atoms with Crippen LogP contribution >= 0.6 is 11.3 Å². The van der Waals surface area contributed by atoms with Crippen LogP contribution in [-0.2, 0) is 11.8 Å². The molecular formula is C22H20N4O3S. The molecule has 0 bridgehead atoms. The van der Waals surface area contributed by atoms with E-state index in [1.807, 2.05) is 19.2 Å². The smallest absolute Gasteiger partial charge is 0.275 e. The minimum Gasteiger partial charge on any atom is -0.495 e. The zero-order chi connectivity index (χ0) is 21.3. The van der Waals surface area contributed by atoms with Crippen molar-refractivity contribution in [3.05, 3.63) is 59.6 Å². The third-order valence-electron chi connectivity index (χ3n) is 4.68. The van der Waals surface area contributed by atoms with E-state index in [4.69, 9.17) is 4.74 Å². The Balaban J connectivity index is 1.60. The zero-order valence-electron chi connectivity index (χ0n) is 16.7. The molecule has 0 spiro atoms. The van der Waals surface area contributed by atoms with E-state index in [-0.39, 0.29) is 11.8 Å². The van der Waals surface area contributed by atoms with Crippen LogP contribution in [0.3, 0.4) is 0 Å². The van der Waals surface area contributed by atoms with Gasteiger partial charge in [-0.1, -0.05) is 18.2 Å². The SMILES string of the molecule is COc1ccc(NC(C)=O)cc1NC(=O)c1csc(-c2cc3ccccc3n2C)n1. The van der Waals surface area contributed by atoms with Crippen LogP contribution in [-0.4, -0.2) is 28.5 Å². The number of benzene rings is 2. The van der Waals surface area contributed by atoms with Crippen LogP contribution in [0.2, 0.25) is 0 Å². The standard InChI is InChI=1S/C22H20N4O3S/c1-13(27)23-15-8-9-20(29-3)16(11-15)24-21(28)17-12-30-22(25-17)19-10-14-6-4-5-7-18(14)26(19)2/h4-12H,1-3H3,(H,23,27)(H,24,28). The second kappa shape index (κ2) is 8.00. The van der Waals surface area contributed by atoms with Gasteiger partial charge in [-0.2, -0.15) is 0 Å². The summed E-state index contributed by atoms with van der Waals surface area (Å²) in [4.78, 5) is 28.6. The summed E-state index contributed by atoms with van der Waals surface area (Å²) >= 11 is 1.41. The van der Waals surface area contributed by atoms with E-state index >= 15 is 0 Å². The number of aromatic nitrogens is 2. The Kier molecular flexibility index (Phi) is 5.24. The fourth-order valence-corrected chi connectivity index (χ4v) is 4.11. The second-order valence-electron chi connectivity index (χ2n) is 6.74. The summed E-state index contributed by atoms with van der Waals surface area (Å²) in [5.41, 5.74) is 3.38. The minimum absolute atomic E-state index is 0.198. The molecule has 0 atom stereocenters. The fourth-order valence-electron chi connectivity index (χ4n) is 3.26. The molecule has 0 aliphatic rings. The van der Waals surface area contributed by atoms with E-state index in [2.05, 4.69) is 38.4 Å². The quantitative estimate of drug-likeness (QED) is 0.497. The van der Waals surface area contributed by atoms with Gasteiger partial charge >= 0.3 is 0 Å². The summed E-state index contributed by atoms with van der Waals surface area (Å²) in [5, 5.41) is 9.12. The molecule has 4 aromatic rings. The molecule has 0 aliphatic carbocycles.